The van der Waals surface area contributed by atoms with Gasteiger partial charge >= 0.3 is 12.1 Å². The molecular weight excluding hydrogens is 286 g/mol. The molecule has 0 heterocycles. The number of ether oxygens (including phenoxy) is 2. The Labute approximate surface area is 129 Å². The van der Waals surface area contributed by atoms with Gasteiger partial charge < -0.3 is 19.6 Å². The SMILES string of the molecule is CC(C)(C)OC(=O)[C@H](CC=O)NC(=O)OCc1ccccc1. The molecule has 0 spiro atoms. The number of hydrogen-bond donors (Lipinski definition) is 1. The number of hydrogen-bond acceptors (Lipinski definition) is 5. The topological polar surface area (TPSA) is 81.7 Å². The quantitative estimate of drug-likeness (QED) is 0.643. The van der Waals surface area contributed by atoms with Crippen LogP contribution in [-0.2, 0) is 25.7 Å². The number of amides is 1. The monoisotopic (exact) mass is 307 g/mol. The molecule has 1 aromatic rings. The van der Waals surface area contributed by atoms with Crippen molar-refractivity contribution < 1.29 is 23.9 Å². The van der Waals surface area contributed by atoms with E-state index in [1.54, 1.807) is 20.8 Å². The fourth-order valence-corrected chi connectivity index (χ4v) is 1.59. The highest BCUT2D eigenvalue weighted by atomic mass is 16.6. The molecule has 0 radical (unpaired) electrons. The van der Waals surface area contributed by atoms with Crippen molar-refractivity contribution in [3.8, 4) is 0 Å². The van der Waals surface area contributed by atoms with Crippen molar-refractivity contribution >= 4 is 18.3 Å². The van der Waals surface area contributed by atoms with Crippen LogP contribution >= 0.6 is 0 Å². The van der Waals surface area contributed by atoms with E-state index in [1.807, 2.05) is 30.3 Å². The van der Waals surface area contributed by atoms with Crippen LogP contribution in [0.1, 0.15) is 32.8 Å². The van der Waals surface area contributed by atoms with Crippen molar-refractivity contribution in [3.05, 3.63) is 35.9 Å². The summed E-state index contributed by atoms with van der Waals surface area (Å²) in [5.74, 6) is -0.670. The fraction of sp³-hybridized carbons (Fsp3) is 0.438. The van der Waals surface area contributed by atoms with Crippen molar-refractivity contribution in [1.82, 2.24) is 5.32 Å². The van der Waals surface area contributed by atoms with E-state index in [9.17, 15) is 14.4 Å². The second-order valence-electron chi connectivity index (χ2n) is 5.69. The van der Waals surface area contributed by atoms with Crippen LogP contribution in [0, 0.1) is 0 Å². The molecule has 0 bridgehead atoms. The van der Waals surface area contributed by atoms with Gasteiger partial charge in [-0.15, -0.1) is 0 Å². The number of carbonyl (C=O) groups excluding carboxylic acids is 3. The lowest BCUT2D eigenvalue weighted by Gasteiger charge is -2.23. The molecule has 0 saturated carbocycles. The minimum Gasteiger partial charge on any atom is -0.458 e. The van der Waals surface area contributed by atoms with Gasteiger partial charge in [0.2, 0.25) is 0 Å². The number of esters is 1. The molecule has 22 heavy (non-hydrogen) atoms. The highest BCUT2D eigenvalue weighted by Gasteiger charge is 2.26. The fourth-order valence-electron chi connectivity index (χ4n) is 1.59. The van der Waals surface area contributed by atoms with Crippen molar-refractivity contribution in [2.75, 3.05) is 0 Å². The Bertz CT molecular complexity index is 507. The summed E-state index contributed by atoms with van der Waals surface area (Å²) in [5, 5.41) is 2.34. The first-order chi connectivity index (χ1) is 10.3. The third kappa shape index (κ3) is 6.88. The number of carbonyl (C=O) groups is 3. The summed E-state index contributed by atoms with van der Waals surface area (Å²) in [4.78, 5) is 34.3. The van der Waals surface area contributed by atoms with Gasteiger partial charge in [-0.05, 0) is 26.3 Å². The Morgan fingerprint density at radius 1 is 1.23 bits per heavy atom. The lowest BCUT2D eigenvalue weighted by molar-refractivity contribution is -0.157. The van der Waals surface area contributed by atoms with E-state index in [0.717, 1.165) is 5.56 Å². The van der Waals surface area contributed by atoms with Crippen molar-refractivity contribution in [2.24, 2.45) is 0 Å². The van der Waals surface area contributed by atoms with Gasteiger partial charge in [0.1, 0.15) is 24.5 Å². The molecule has 0 aliphatic carbocycles. The van der Waals surface area contributed by atoms with E-state index in [1.165, 1.54) is 0 Å². The van der Waals surface area contributed by atoms with Crippen LogP contribution in [0.4, 0.5) is 4.79 Å². The van der Waals surface area contributed by atoms with E-state index in [2.05, 4.69) is 5.32 Å². The van der Waals surface area contributed by atoms with E-state index in [-0.39, 0.29) is 13.0 Å². The molecule has 0 aliphatic rings. The molecule has 1 aromatic carbocycles. The molecule has 0 unspecified atom stereocenters. The Kier molecular flexibility index (Phi) is 6.56. The molecule has 0 fully saturated rings. The third-order valence-corrected chi connectivity index (χ3v) is 2.53. The largest absolute Gasteiger partial charge is 0.458 e. The van der Waals surface area contributed by atoms with Gasteiger partial charge in [0.15, 0.2) is 0 Å². The summed E-state index contributed by atoms with van der Waals surface area (Å²) in [6.07, 6.45) is -0.400. The number of rotatable bonds is 6. The smallest absolute Gasteiger partial charge is 0.408 e. The van der Waals surface area contributed by atoms with Gasteiger partial charge in [0, 0.05) is 6.42 Å². The van der Waals surface area contributed by atoms with Crippen molar-refractivity contribution in [3.63, 3.8) is 0 Å². The maximum absolute atomic E-state index is 11.9. The summed E-state index contributed by atoms with van der Waals surface area (Å²) >= 11 is 0. The maximum atomic E-state index is 11.9. The molecule has 1 amide bonds. The van der Waals surface area contributed by atoms with Crippen LogP contribution in [0.5, 0.6) is 0 Å². The average Bonchev–Trinajstić information content (AvgIpc) is 2.44. The Morgan fingerprint density at radius 2 is 1.86 bits per heavy atom. The maximum Gasteiger partial charge on any atom is 0.408 e. The number of alkyl carbamates (subject to hydrolysis) is 1. The summed E-state index contributed by atoms with van der Waals surface area (Å²) in [6, 6.07) is 8.07. The Hall–Kier alpha value is -2.37. The van der Waals surface area contributed by atoms with E-state index in [4.69, 9.17) is 9.47 Å². The van der Waals surface area contributed by atoms with Gasteiger partial charge in [0.25, 0.3) is 0 Å². The zero-order valence-electron chi connectivity index (χ0n) is 13.0. The molecule has 1 rings (SSSR count). The predicted molar refractivity (Wildman–Crippen MR) is 80.1 cm³/mol. The van der Waals surface area contributed by atoms with Gasteiger partial charge in [-0.3, -0.25) is 0 Å². The summed E-state index contributed by atoms with van der Waals surface area (Å²) in [6.45, 7) is 5.19. The third-order valence-electron chi connectivity index (χ3n) is 2.53. The molecule has 6 heteroatoms. The van der Waals surface area contributed by atoms with Gasteiger partial charge in [-0.1, -0.05) is 30.3 Å². The molecule has 0 aromatic heterocycles. The van der Waals surface area contributed by atoms with Crippen LogP contribution in [0.25, 0.3) is 0 Å². The molecule has 0 saturated heterocycles. The standard InChI is InChI=1S/C16H21NO5/c1-16(2,3)22-14(19)13(9-10-18)17-15(20)21-11-12-7-5-4-6-8-12/h4-8,10,13H,9,11H2,1-3H3,(H,17,20)/t13-/m0/s1. The molecule has 1 atom stereocenters. The second kappa shape index (κ2) is 8.17. The molecule has 6 nitrogen and oxygen atoms in total. The first kappa shape index (κ1) is 17.7. The van der Waals surface area contributed by atoms with E-state index < -0.39 is 23.7 Å². The minimum atomic E-state index is -1.06. The lowest BCUT2D eigenvalue weighted by Crippen LogP contribution is -2.44. The average molecular weight is 307 g/mol. The van der Waals surface area contributed by atoms with Crippen molar-refractivity contribution in [2.45, 2.75) is 45.4 Å². The van der Waals surface area contributed by atoms with E-state index in [0.29, 0.717) is 6.29 Å². The first-order valence-electron chi connectivity index (χ1n) is 6.95. The number of nitrogens with one attached hydrogen (secondary N) is 1. The van der Waals surface area contributed by atoms with Crippen molar-refractivity contribution in [1.29, 1.82) is 0 Å². The first-order valence-corrected chi connectivity index (χ1v) is 6.95. The second-order valence-corrected chi connectivity index (χ2v) is 5.69. The van der Waals surface area contributed by atoms with Gasteiger partial charge in [0.05, 0.1) is 0 Å². The van der Waals surface area contributed by atoms with Crippen LogP contribution in [0.15, 0.2) is 30.3 Å². The van der Waals surface area contributed by atoms with E-state index >= 15 is 0 Å². The molecule has 120 valence electrons. The normalized spacial score (nSPS) is 12.1. The van der Waals surface area contributed by atoms with Gasteiger partial charge in [-0.25, -0.2) is 9.59 Å². The summed E-state index contributed by atoms with van der Waals surface area (Å²) < 4.78 is 10.2. The highest BCUT2D eigenvalue weighted by Crippen LogP contribution is 2.09. The molecular formula is C16H21NO5. The van der Waals surface area contributed by atoms with Crippen LogP contribution < -0.4 is 5.32 Å². The number of aldehydes is 1. The summed E-state index contributed by atoms with van der Waals surface area (Å²) in [7, 11) is 0. The highest BCUT2D eigenvalue weighted by molar-refractivity contribution is 5.83. The van der Waals surface area contributed by atoms with Gasteiger partial charge in [-0.2, -0.15) is 0 Å². The Balaban J connectivity index is 2.53. The molecule has 0 aliphatic heterocycles. The minimum absolute atomic E-state index is 0.0782. The lowest BCUT2D eigenvalue weighted by atomic mass is 10.1. The zero-order chi connectivity index (χ0) is 16.6. The predicted octanol–water partition coefficient (Wildman–Crippen LogP) is 2.21. The zero-order valence-corrected chi connectivity index (χ0v) is 13.0. The van der Waals surface area contributed by atoms with Crippen LogP contribution in [0.3, 0.4) is 0 Å². The van der Waals surface area contributed by atoms with Crippen LogP contribution in [0.2, 0.25) is 0 Å². The molecule has 1 N–H and O–H groups in total. The summed E-state index contributed by atoms with van der Waals surface area (Å²) in [5.41, 5.74) is 0.121. The number of benzene rings is 1. The Morgan fingerprint density at radius 3 is 2.41 bits per heavy atom. The van der Waals surface area contributed by atoms with Crippen LogP contribution in [-0.4, -0.2) is 30.0 Å².